The Kier molecular flexibility index (Phi) is 18.4. The van der Waals surface area contributed by atoms with Gasteiger partial charge in [-0.25, -0.2) is 4.79 Å². The van der Waals surface area contributed by atoms with E-state index in [1.165, 1.54) is 27.8 Å². The van der Waals surface area contributed by atoms with E-state index in [-0.39, 0.29) is 53.2 Å². The Labute approximate surface area is 341 Å². The number of amides is 4. The number of anilines is 1. The second kappa shape index (κ2) is 23.1. The molecule has 2 heterocycles. The number of thioether (sulfide) groups is 1. The number of aliphatic carboxylic acids is 1. The van der Waals surface area contributed by atoms with E-state index in [0.717, 1.165) is 57.1 Å². The van der Waals surface area contributed by atoms with E-state index in [9.17, 15) is 29.1 Å². The minimum Gasteiger partial charge on any atom is -0.496 e. The molecule has 1 fully saturated rings. The van der Waals surface area contributed by atoms with E-state index >= 15 is 0 Å². The molecule has 5 N–H and O–H groups in total. The number of hydrogen-bond donors (Lipinski definition) is 5. The van der Waals surface area contributed by atoms with Gasteiger partial charge in [-0.3, -0.25) is 19.2 Å². The molecule has 312 valence electrons. The van der Waals surface area contributed by atoms with Crippen LogP contribution in [0.25, 0.3) is 0 Å². The van der Waals surface area contributed by atoms with Gasteiger partial charge >= 0.3 is 5.97 Å². The first-order valence-corrected chi connectivity index (χ1v) is 21.2. The molecule has 0 aliphatic carbocycles. The number of carboxylic acids is 1. The second-order valence-corrected chi connectivity index (χ2v) is 16.5. The number of aryl methyl sites for hydroxylation is 2. The highest BCUT2D eigenvalue weighted by Crippen LogP contribution is 2.45. The molecule has 0 bridgehead atoms. The fourth-order valence-corrected chi connectivity index (χ4v) is 9.07. The minimum absolute atomic E-state index is 0.0267. The average Bonchev–Trinajstić information content (AvgIpc) is 3.78. The third-order valence-electron chi connectivity index (χ3n) is 10.4. The minimum atomic E-state index is -1.13. The zero-order chi connectivity index (χ0) is 41.3. The van der Waals surface area contributed by atoms with E-state index in [0.29, 0.717) is 55.2 Å². The van der Waals surface area contributed by atoms with E-state index in [2.05, 4.69) is 40.3 Å². The normalized spacial score (nSPS) is 19.2. The fourth-order valence-electron chi connectivity index (χ4n) is 7.59. The molecular formula is C43H61N5O8S. The van der Waals surface area contributed by atoms with Crippen molar-refractivity contribution in [1.29, 1.82) is 0 Å². The number of benzene rings is 2. The summed E-state index contributed by atoms with van der Waals surface area (Å²) in [7, 11) is 1.71. The quantitative estimate of drug-likeness (QED) is 0.0670. The zero-order valence-corrected chi connectivity index (χ0v) is 34.9. The van der Waals surface area contributed by atoms with Crippen molar-refractivity contribution in [2.45, 2.75) is 103 Å². The number of methoxy groups -OCH3 is 1. The number of rotatable bonds is 24. The van der Waals surface area contributed by atoms with Gasteiger partial charge in [0.1, 0.15) is 18.1 Å². The van der Waals surface area contributed by atoms with Crippen molar-refractivity contribution in [3.8, 4) is 5.75 Å². The van der Waals surface area contributed by atoms with Crippen LogP contribution in [0.1, 0.15) is 94.1 Å². The summed E-state index contributed by atoms with van der Waals surface area (Å²) >= 11 is 1.43. The lowest BCUT2D eigenvalue weighted by Crippen LogP contribution is -2.38. The lowest BCUT2D eigenvalue weighted by Gasteiger charge is -2.28. The van der Waals surface area contributed by atoms with Crippen molar-refractivity contribution >= 4 is 47.6 Å². The molecule has 2 aromatic carbocycles. The van der Waals surface area contributed by atoms with Gasteiger partial charge in [0.15, 0.2) is 0 Å². The van der Waals surface area contributed by atoms with Gasteiger partial charge in [-0.2, -0.15) is 0 Å². The zero-order valence-electron chi connectivity index (χ0n) is 34.1. The van der Waals surface area contributed by atoms with Crippen LogP contribution in [-0.4, -0.2) is 97.4 Å². The first-order chi connectivity index (χ1) is 27.5. The summed E-state index contributed by atoms with van der Waals surface area (Å²) in [4.78, 5) is 64.2. The Hall–Kier alpha value is -4.40. The number of nitrogens with zero attached hydrogens (tertiary/aromatic N) is 1. The molecule has 2 aliphatic rings. The van der Waals surface area contributed by atoms with E-state index < -0.39 is 12.0 Å². The molecule has 13 nitrogen and oxygen atoms in total. The molecule has 4 atom stereocenters. The summed E-state index contributed by atoms with van der Waals surface area (Å²) in [6.07, 6.45) is 8.36. The first-order valence-electron chi connectivity index (χ1n) is 20.3. The van der Waals surface area contributed by atoms with Crippen LogP contribution >= 0.6 is 11.8 Å². The van der Waals surface area contributed by atoms with E-state index in [1.54, 1.807) is 31.4 Å². The molecule has 0 saturated carbocycles. The molecule has 14 heteroatoms. The number of ether oxygens (including phenoxy) is 2. The summed E-state index contributed by atoms with van der Waals surface area (Å²) in [5.74, 6) is -0.856. The van der Waals surface area contributed by atoms with Gasteiger partial charge < -0.3 is 40.7 Å². The standard InChI is InChI=1S/C43H61N5O8S/c1-6-13-31-22-30(17-18-36(31)55-5)14-8-11-21-56-26-37(50)44-19-9-7-10-20-45-41(51)32-15-12-16-33(23-32)47-42(52)35-24-34(25-46-35)57-40-29(4)38(28(2)3)48(27-49)39(40)43(53)54/h12,15-18,22-23,27-29,34-35,38,46H,6-11,13-14,19-21,24-26H2,1-5H3,(H,44,50)(H,45,51)(H,47,52)(H,53,54)/t29-,34+,35+,38?/m1/s1. The van der Waals surface area contributed by atoms with Crippen molar-refractivity contribution in [3.63, 3.8) is 0 Å². The molecule has 4 amide bonds. The largest absolute Gasteiger partial charge is 0.496 e. The maximum Gasteiger partial charge on any atom is 0.353 e. The third kappa shape index (κ3) is 13.3. The summed E-state index contributed by atoms with van der Waals surface area (Å²) in [6.45, 7) is 10.2. The van der Waals surface area contributed by atoms with Crippen molar-refractivity contribution in [1.82, 2.24) is 20.9 Å². The number of nitrogens with one attached hydrogen (secondary N) is 4. The maximum atomic E-state index is 13.2. The third-order valence-corrected chi connectivity index (χ3v) is 11.9. The van der Waals surface area contributed by atoms with Gasteiger partial charge in [-0.05, 0) is 92.7 Å². The molecule has 57 heavy (non-hydrogen) atoms. The van der Waals surface area contributed by atoms with E-state index in [4.69, 9.17) is 9.47 Å². The molecule has 1 unspecified atom stereocenters. The SMILES string of the molecule is CCCc1cc(CCCCOCC(=O)NCCCCCNC(=O)c2cccc(NC(=O)[C@@H]3C[C@H](SC4=C(C(=O)O)N(C=O)C(C(C)C)[C@H]4C)CN3)c2)ccc1OC. The number of carbonyl (C=O) groups is 5. The molecule has 1 saturated heterocycles. The van der Waals surface area contributed by atoms with Crippen LogP contribution in [0.5, 0.6) is 5.75 Å². The average molecular weight is 808 g/mol. The van der Waals surface area contributed by atoms with Gasteiger partial charge in [0, 0.05) is 59.6 Å². The van der Waals surface area contributed by atoms with Crippen molar-refractivity contribution in [2.75, 3.05) is 45.3 Å². The van der Waals surface area contributed by atoms with Crippen molar-refractivity contribution in [2.24, 2.45) is 11.8 Å². The predicted octanol–water partition coefficient (Wildman–Crippen LogP) is 5.53. The van der Waals surface area contributed by atoms with Crippen LogP contribution in [0.3, 0.4) is 0 Å². The first kappa shape index (κ1) is 45.3. The van der Waals surface area contributed by atoms with Crippen LogP contribution in [-0.2, 0) is 36.8 Å². The highest BCUT2D eigenvalue weighted by Gasteiger charge is 2.44. The molecule has 0 aromatic heterocycles. The van der Waals surface area contributed by atoms with Crippen LogP contribution < -0.4 is 26.0 Å². The van der Waals surface area contributed by atoms with Gasteiger partial charge in [0.2, 0.25) is 18.2 Å². The molecule has 0 spiro atoms. The fraction of sp³-hybridized carbons (Fsp3) is 0.558. The lowest BCUT2D eigenvalue weighted by molar-refractivity contribution is -0.137. The van der Waals surface area contributed by atoms with Crippen molar-refractivity contribution in [3.05, 3.63) is 69.8 Å². The summed E-state index contributed by atoms with van der Waals surface area (Å²) in [5, 5.41) is 21.8. The molecular weight excluding hydrogens is 747 g/mol. The summed E-state index contributed by atoms with van der Waals surface area (Å²) in [6, 6.07) is 12.4. The Morgan fingerprint density at radius 3 is 2.49 bits per heavy atom. The summed E-state index contributed by atoms with van der Waals surface area (Å²) in [5.41, 5.74) is 3.49. The Balaban J connectivity index is 1.07. The summed E-state index contributed by atoms with van der Waals surface area (Å²) < 4.78 is 11.0. The van der Waals surface area contributed by atoms with Gasteiger partial charge in [0.05, 0.1) is 13.2 Å². The second-order valence-electron chi connectivity index (χ2n) is 15.1. The number of unbranched alkanes of at least 4 members (excludes halogenated alkanes) is 3. The topological polar surface area (TPSA) is 175 Å². The molecule has 2 aliphatic heterocycles. The highest BCUT2D eigenvalue weighted by molar-refractivity contribution is 8.03. The smallest absolute Gasteiger partial charge is 0.353 e. The highest BCUT2D eigenvalue weighted by atomic mass is 32.2. The van der Waals surface area contributed by atoms with Crippen LogP contribution in [0, 0.1) is 11.8 Å². The van der Waals surface area contributed by atoms with Crippen molar-refractivity contribution < 1.29 is 38.6 Å². The van der Waals surface area contributed by atoms with E-state index in [1.807, 2.05) is 26.8 Å². The monoisotopic (exact) mass is 807 g/mol. The predicted molar refractivity (Wildman–Crippen MR) is 223 cm³/mol. The molecule has 0 radical (unpaired) electrons. The maximum absolute atomic E-state index is 13.2. The Bertz CT molecular complexity index is 1720. The van der Waals surface area contributed by atoms with Gasteiger partial charge in [0.25, 0.3) is 5.91 Å². The number of carbonyl (C=O) groups excluding carboxylic acids is 4. The van der Waals surface area contributed by atoms with Gasteiger partial charge in [-0.1, -0.05) is 52.3 Å². The van der Waals surface area contributed by atoms with Crippen LogP contribution in [0.4, 0.5) is 5.69 Å². The number of carboxylic acid groups (broad SMARTS) is 1. The van der Waals surface area contributed by atoms with Gasteiger partial charge in [-0.15, -0.1) is 11.8 Å². The lowest BCUT2D eigenvalue weighted by atomic mass is 9.93. The molecule has 4 rings (SSSR count). The number of hydrogen-bond acceptors (Lipinski definition) is 9. The van der Waals surface area contributed by atoms with Crippen LogP contribution in [0.2, 0.25) is 0 Å². The Morgan fingerprint density at radius 2 is 1.79 bits per heavy atom. The van der Waals surface area contributed by atoms with Crippen LogP contribution in [0.15, 0.2) is 53.1 Å². The molecule has 2 aromatic rings. The Morgan fingerprint density at radius 1 is 1.02 bits per heavy atom.